The van der Waals surface area contributed by atoms with Gasteiger partial charge >= 0.3 is 0 Å². The highest BCUT2D eigenvalue weighted by Crippen LogP contribution is 2.25. The predicted molar refractivity (Wildman–Crippen MR) is 118 cm³/mol. The maximum atomic E-state index is 11.2. The van der Waals surface area contributed by atoms with Gasteiger partial charge in [0.15, 0.2) is 0 Å². The highest BCUT2D eigenvalue weighted by molar-refractivity contribution is 5.87. The minimum Gasteiger partial charge on any atom is -0.437 e. The van der Waals surface area contributed by atoms with Gasteiger partial charge in [0.05, 0.1) is 18.1 Å². The Bertz CT molecular complexity index is 1060. The Morgan fingerprint density at radius 3 is 2.48 bits per heavy atom. The number of amides is 2. The molecule has 2 aromatic heterocycles. The van der Waals surface area contributed by atoms with Gasteiger partial charge in [-0.1, -0.05) is 6.07 Å². The zero-order valence-electron chi connectivity index (χ0n) is 17.6. The maximum Gasteiger partial charge on any atom is 0.239 e. The Morgan fingerprint density at radius 2 is 1.77 bits per heavy atom. The van der Waals surface area contributed by atoms with Gasteiger partial charge in [0.1, 0.15) is 17.4 Å². The van der Waals surface area contributed by atoms with Gasteiger partial charge in [-0.2, -0.15) is 4.98 Å². The molecule has 0 atom stereocenters. The van der Waals surface area contributed by atoms with E-state index in [0.717, 1.165) is 11.3 Å². The van der Waals surface area contributed by atoms with E-state index in [2.05, 4.69) is 25.6 Å². The lowest BCUT2D eigenvalue weighted by molar-refractivity contribution is -0.127. The number of rotatable bonds is 8. The molecule has 0 bridgehead atoms. The van der Waals surface area contributed by atoms with Gasteiger partial charge in [0, 0.05) is 39.5 Å². The van der Waals surface area contributed by atoms with Gasteiger partial charge in [-0.15, -0.1) is 0 Å². The van der Waals surface area contributed by atoms with E-state index in [1.807, 2.05) is 36.4 Å². The lowest BCUT2D eigenvalue weighted by Crippen LogP contribution is -2.29. The van der Waals surface area contributed by atoms with Crippen LogP contribution in [0.15, 0.2) is 54.9 Å². The summed E-state index contributed by atoms with van der Waals surface area (Å²) >= 11 is 0. The maximum absolute atomic E-state index is 11.2. The van der Waals surface area contributed by atoms with Crippen molar-refractivity contribution in [3.8, 4) is 22.9 Å². The summed E-state index contributed by atoms with van der Waals surface area (Å²) in [6.07, 6.45) is 3.12. The highest BCUT2D eigenvalue weighted by Gasteiger charge is 2.06. The molecule has 2 N–H and O–H groups in total. The Morgan fingerprint density at radius 1 is 1.00 bits per heavy atom. The van der Waals surface area contributed by atoms with Gasteiger partial charge in [-0.3, -0.25) is 14.6 Å². The highest BCUT2D eigenvalue weighted by atomic mass is 16.5. The van der Waals surface area contributed by atoms with Crippen molar-refractivity contribution in [1.29, 1.82) is 0 Å². The Balaban J connectivity index is 1.62. The molecule has 9 nitrogen and oxygen atoms in total. The summed E-state index contributed by atoms with van der Waals surface area (Å²) in [5, 5.41) is 5.80. The zero-order valence-corrected chi connectivity index (χ0v) is 17.6. The molecule has 2 heterocycles. The fourth-order valence-electron chi connectivity index (χ4n) is 2.65. The van der Waals surface area contributed by atoms with Crippen molar-refractivity contribution in [3.63, 3.8) is 0 Å². The number of anilines is 2. The first-order chi connectivity index (χ1) is 14.9. The van der Waals surface area contributed by atoms with Crippen LogP contribution in [0.25, 0.3) is 11.3 Å². The number of carbonyl (C=O) groups is 2. The first-order valence-corrected chi connectivity index (χ1v) is 9.71. The number of nitrogens with zero attached hydrogens (tertiary/aromatic N) is 4. The zero-order chi connectivity index (χ0) is 22.2. The monoisotopic (exact) mass is 420 g/mol. The van der Waals surface area contributed by atoms with Gasteiger partial charge in [-0.05, 0) is 36.4 Å². The van der Waals surface area contributed by atoms with Crippen LogP contribution in [0.5, 0.6) is 11.6 Å². The average molecular weight is 420 g/mol. The molecule has 0 spiro atoms. The van der Waals surface area contributed by atoms with Crippen molar-refractivity contribution in [2.75, 3.05) is 30.8 Å². The molecule has 0 aliphatic heterocycles. The molecule has 1 aromatic carbocycles. The summed E-state index contributed by atoms with van der Waals surface area (Å²) in [4.78, 5) is 37.0. The fourth-order valence-corrected chi connectivity index (χ4v) is 2.65. The molecular weight excluding hydrogens is 396 g/mol. The van der Waals surface area contributed by atoms with Crippen LogP contribution in [-0.2, 0) is 9.59 Å². The first-order valence-electron chi connectivity index (χ1n) is 9.71. The topological polar surface area (TPSA) is 109 Å². The van der Waals surface area contributed by atoms with E-state index in [1.54, 1.807) is 24.2 Å². The van der Waals surface area contributed by atoms with Crippen molar-refractivity contribution >= 4 is 23.5 Å². The minimum atomic E-state index is -0.169. The standard InChI is InChI=1S/C22H24N6O3/c1-15(29)25-20-6-4-5-19(26-20)17-7-9-18(10-8-17)31-22-14-23-13-21(27-22)24-11-12-28(3)16(2)30/h4-10,13-14H,11-12H2,1-3H3,(H,24,27)(H,25,26,29). The van der Waals surface area contributed by atoms with E-state index in [4.69, 9.17) is 4.74 Å². The van der Waals surface area contributed by atoms with Crippen LogP contribution in [0.1, 0.15) is 13.8 Å². The quantitative estimate of drug-likeness (QED) is 0.576. The smallest absolute Gasteiger partial charge is 0.239 e. The number of hydrogen-bond acceptors (Lipinski definition) is 7. The molecule has 0 saturated carbocycles. The Hall–Kier alpha value is -4.01. The molecule has 160 valence electrons. The summed E-state index contributed by atoms with van der Waals surface area (Å²) in [5.74, 6) is 1.85. The van der Waals surface area contributed by atoms with E-state index in [-0.39, 0.29) is 11.8 Å². The van der Waals surface area contributed by atoms with Crippen molar-refractivity contribution in [1.82, 2.24) is 19.9 Å². The number of carbonyl (C=O) groups excluding carboxylic acids is 2. The molecule has 0 radical (unpaired) electrons. The summed E-state index contributed by atoms with van der Waals surface area (Å²) in [7, 11) is 1.74. The lowest BCUT2D eigenvalue weighted by Gasteiger charge is -2.15. The molecule has 3 rings (SSSR count). The second-order valence-electron chi connectivity index (χ2n) is 6.83. The van der Waals surface area contributed by atoms with E-state index in [0.29, 0.717) is 36.4 Å². The van der Waals surface area contributed by atoms with Crippen molar-refractivity contribution in [2.45, 2.75) is 13.8 Å². The predicted octanol–water partition coefficient (Wildman–Crippen LogP) is 3.18. The average Bonchev–Trinajstić information content (AvgIpc) is 2.74. The Kier molecular flexibility index (Phi) is 7.10. The number of aromatic nitrogens is 3. The van der Waals surface area contributed by atoms with Crippen molar-refractivity contribution < 1.29 is 14.3 Å². The van der Waals surface area contributed by atoms with Gasteiger partial charge < -0.3 is 20.3 Å². The molecule has 0 unspecified atom stereocenters. The van der Waals surface area contributed by atoms with Crippen LogP contribution in [-0.4, -0.2) is 51.8 Å². The third-order valence-electron chi connectivity index (χ3n) is 4.33. The lowest BCUT2D eigenvalue weighted by atomic mass is 10.1. The molecule has 2 amide bonds. The number of benzene rings is 1. The SMILES string of the molecule is CC(=O)Nc1cccc(-c2ccc(Oc3cncc(NCCN(C)C(C)=O)n3)cc2)n1. The summed E-state index contributed by atoms with van der Waals surface area (Å²) < 4.78 is 5.80. The van der Waals surface area contributed by atoms with Crippen LogP contribution in [0.2, 0.25) is 0 Å². The number of nitrogens with one attached hydrogen (secondary N) is 2. The molecule has 31 heavy (non-hydrogen) atoms. The fraction of sp³-hybridized carbons (Fsp3) is 0.227. The van der Waals surface area contributed by atoms with Crippen molar-refractivity contribution in [2.24, 2.45) is 0 Å². The first kappa shape index (κ1) is 21.7. The summed E-state index contributed by atoms with van der Waals surface area (Å²) in [5.41, 5.74) is 1.62. The van der Waals surface area contributed by atoms with Crippen LogP contribution >= 0.6 is 0 Å². The largest absolute Gasteiger partial charge is 0.437 e. The number of pyridine rings is 1. The Labute approximate surface area is 180 Å². The van der Waals surface area contributed by atoms with E-state index in [9.17, 15) is 9.59 Å². The molecule has 0 fully saturated rings. The van der Waals surface area contributed by atoms with Gasteiger partial charge in [0.25, 0.3) is 0 Å². The normalized spacial score (nSPS) is 10.3. The van der Waals surface area contributed by atoms with Gasteiger partial charge in [-0.25, -0.2) is 4.98 Å². The molecule has 0 aliphatic carbocycles. The molecule has 0 saturated heterocycles. The molecule has 0 aliphatic rings. The van der Waals surface area contributed by atoms with E-state index < -0.39 is 0 Å². The van der Waals surface area contributed by atoms with E-state index >= 15 is 0 Å². The minimum absolute atomic E-state index is 0.00505. The molecule has 9 heteroatoms. The van der Waals surface area contributed by atoms with Crippen molar-refractivity contribution in [3.05, 3.63) is 54.9 Å². The molecule has 3 aromatic rings. The van der Waals surface area contributed by atoms with Crippen LogP contribution in [0, 0.1) is 0 Å². The number of hydrogen-bond donors (Lipinski definition) is 2. The van der Waals surface area contributed by atoms with E-state index in [1.165, 1.54) is 20.0 Å². The second-order valence-corrected chi connectivity index (χ2v) is 6.83. The number of likely N-dealkylation sites (N-methyl/N-ethyl adjacent to an activating group) is 1. The second kappa shape index (κ2) is 10.1. The van der Waals surface area contributed by atoms with Crippen LogP contribution < -0.4 is 15.4 Å². The summed E-state index contributed by atoms with van der Waals surface area (Å²) in [6, 6.07) is 12.8. The molecular formula is C22H24N6O3. The third kappa shape index (κ3) is 6.49. The van der Waals surface area contributed by atoms with Crippen LogP contribution in [0.4, 0.5) is 11.6 Å². The number of ether oxygens (including phenoxy) is 1. The third-order valence-corrected chi connectivity index (χ3v) is 4.33. The van der Waals surface area contributed by atoms with Gasteiger partial charge in [0.2, 0.25) is 17.7 Å². The van der Waals surface area contributed by atoms with Crippen LogP contribution in [0.3, 0.4) is 0 Å². The summed E-state index contributed by atoms with van der Waals surface area (Å²) in [6.45, 7) is 4.07.